The Morgan fingerprint density at radius 1 is 0.893 bits per heavy atom. The lowest BCUT2D eigenvalue weighted by Gasteiger charge is -2.17. The van der Waals surface area contributed by atoms with Crippen molar-refractivity contribution in [2.75, 3.05) is 5.75 Å². The summed E-state index contributed by atoms with van der Waals surface area (Å²) in [5.41, 5.74) is 3.42. The molecule has 0 radical (unpaired) electrons. The molecule has 28 heavy (non-hydrogen) atoms. The van der Waals surface area contributed by atoms with E-state index in [1.54, 1.807) is 0 Å². The van der Waals surface area contributed by atoms with Crippen molar-refractivity contribution in [3.05, 3.63) is 60.7 Å². The fourth-order valence-corrected chi connectivity index (χ4v) is 3.15. The molecule has 1 unspecified atom stereocenters. The molecule has 1 N–H and O–H groups in total. The van der Waals surface area contributed by atoms with Crippen LogP contribution in [0, 0.1) is 5.92 Å². The Kier molecular flexibility index (Phi) is 6.76. The van der Waals surface area contributed by atoms with Crippen molar-refractivity contribution in [2.45, 2.75) is 32.0 Å². The smallest absolute Gasteiger partial charge is 0.230 e. The number of carbonyl (C=O) groups is 1. The second-order valence-electron chi connectivity index (χ2n) is 6.91. The number of carbonyl (C=O) groups excluding carboxylic acids is 1. The standard InChI is InChI=1S/C22H24N4OS/c1-15(2)16(3)23-19(27)14-28-22-24-20(17-10-6-4-7-11-17)21(25-26-22)18-12-8-5-9-13-18/h4-13,15-16H,14H2,1-3H3,(H,23,27). The summed E-state index contributed by atoms with van der Waals surface area (Å²) in [4.78, 5) is 16.9. The van der Waals surface area contributed by atoms with E-state index in [9.17, 15) is 4.79 Å². The predicted octanol–water partition coefficient (Wildman–Crippen LogP) is 4.46. The SMILES string of the molecule is CC(C)C(C)NC(=O)CSc1nnc(-c2ccccc2)c(-c2ccccc2)n1. The molecule has 1 atom stereocenters. The van der Waals surface area contributed by atoms with E-state index in [-0.39, 0.29) is 17.7 Å². The van der Waals surface area contributed by atoms with Crippen molar-refractivity contribution in [1.82, 2.24) is 20.5 Å². The number of nitrogens with one attached hydrogen (secondary N) is 1. The highest BCUT2D eigenvalue weighted by Crippen LogP contribution is 2.29. The Bertz CT molecular complexity index is 916. The van der Waals surface area contributed by atoms with Crippen LogP contribution in [0.5, 0.6) is 0 Å². The van der Waals surface area contributed by atoms with E-state index in [0.29, 0.717) is 11.1 Å². The molecule has 3 aromatic rings. The predicted molar refractivity (Wildman–Crippen MR) is 114 cm³/mol. The molecule has 1 aromatic heterocycles. The molecule has 0 aliphatic rings. The van der Waals surface area contributed by atoms with Gasteiger partial charge in [-0.1, -0.05) is 86.3 Å². The van der Waals surface area contributed by atoms with Crippen LogP contribution in [0.25, 0.3) is 22.5 Å². The zero-order valence-electron chi connectivity index (χ0n) is 16.3. The van der Waals surface area contributed by atoms with E-state index in [2.05, 4.69) is 29.4 Å². The van der Waals surface area contributed by atoms with Gasteiger partial charge in [-0.2, -0.15) is 0 Å². The zero-order valence-corrected chi connectivity index (χ0v) is 17.1. The Morgan fingerprint density at radius 3 is 2.04 bits per heavy atom. The van der Waals surface area contributed by atoms with Crippen LogP contribution in [0.2, 0.25) is 0 Å². The minimum Gasteiger partial charge on any atom is -0.353 e. The van der Waals surface area contributed by atoms with Gasteiger partial charge in [0, 0.05) is 17.2 Å². The Labute approximate surface area is 170 Å². The number of hydrogen-bond donors (Lipinski definition) is 1. The van der Waals surface area contributed by atoms with Gasteiger partial charge in [-0.25, -0.2) is 4.98 Å². The molecule has 1 amide bonds. The van der Waals surface area contributed by atoms with Crippen LogP contribution in [0.15, 0.2) is 65.8 Å². The van der Waals surface area contributed by atoms with Crippen LogP contribution in [0.4, 0.5) is 0 Å². The van der Waals surface area contributed by atoms with Gasteiger partial charge < -0.3 is 5.32 Å². The first-order valence-electron chi connectivity index (χ1n) is 9.32. The van der Waals surface area contributed by atoms with Crippen molar-refractivity contribution in [2.24, 2.45) is 5.92 Å². The van der Waals surface area contributed by atoms with Gasteiger partial charge in [0.1, 0.15) is 11.4 Å². The number of thioether (sulfide) groups is 1. The third kappa shape index (κ3) is 5.16. The molecule has 144 valence electrons. The van der Waals surface area contributed by atoms with Gasteiger partial charge in [0.25, 0.3) is 0 Å². The number of hydrogen-bond acceptors (Lipinski definition) is 5. The fourth-order valence-electron chi connectivity index (χ4n) is 2.55. The van der Waals surface area contributed by atoms with Crippen LogP contribution in [-0.2, 0) is 4.79 Å². The molecule has 2 aromatic carbocycles. The van der Waals surface area contributed by atoms with E-state index >= 15 is 0 Å². The summed E-state index contributed by atoms with van der Waals surface area (Å²) in [5.74, 6) is 0.627. The first-order chi connectivity index (χ1) is 13.5. The van der Waals surface area contributed by atoms with E-state index in [0.717, 1.165) is 22.5 Å². The molecular formula is C22H24N4OS. The van der Waals surface area contributed by atoms with Gasteiger partial charge in [0.2, 0.25) is 11.1 Å². The average molecular weight is 393 g/mol. The van der Waals surface area contributed by atoms with Crippen molar-refractivity contribution < 1.29 is 4.79 Å². The zero-order chi connectivity index (χ0) is 19.9. The topological polar surface area (TPSA) is 67.8 Å². The molecule has 6 heteroatoms. The molecule has 0 saturated carbocycles. The lowest BCUT2D eigenvalue weighted by molar-refractivity contribution is -0.119. The van der Waals surface area contributed by atoms with Gasteiger partial charge in [0.15, 0.2) is 0 Å². The maximum absolute atomic E-state index is 12.2. The first-order valence-corrected chi connectivity index (χ1v) is 10.3. The largest absolute Gasteiger partial charge is 0.353 e. The van der Waals surface area contributed by atoms with Crippen molar-refractivity contribution in [1.29, 1.82) is 0 Å². The summed E-state index contributed by atoms with van der Waals surface area (Å²) in [6.07, 6.45) is 0. The molecule has 0 saturated heterocycles. The molecule has 0 aliphatic carbocycles. The molecular weight excluding hydrogens is 368 g/mol. The highest BCUT2D eigenvalue weighted by atomic mass is 32.2. The van der Waals surface area contributed by atoms with Gasteiger partial charge in [-0.05, 0) is 12.8 Å². The van der Waals surface area contributed by atoms with Gasteiger partial charge in [0.05, 0.1) is 5.75 Å². The normalized spacial score (nSPS) is 12.0. The van der Waals surface area contributed by atoms with E-state index in [4.69, 9.17) is 4.98 Å². The lowest BCUT2D eigenvalue weighted by Crippen LogP contribution is -2.37. The van der Waals surface area contributed by atoms with Crippen molar-refractivity contribution >= 4 is 17.7 Å². The molecule has 3 rings (SSSR count). The lowest BCUT2D eigenvalue weighted by atomic mass is 10.0. The van der Waals surface area contributed by atoms with Gasteiger partial charge in [-0.15, -0.1) is 10.2 Å². The number of nitrogens with zero attached hydrogens (tertiary/aromatic N) is 3. The monoisotopic (exact) mass is 392 g/mol. The van der Waals surface area contributed by atoms with Crippen LogP contribution in [0.3, 0.4) is 0 Å². The fraction of sp³-hybridized carbons (Fsp3) is 0.273. The second kappa shape index (κ2) is 9.46. The third-order valence-corrected chi connectivity index (χ3v) is 5.32. The van der Waals surface area contributed by atoms with Crippen LogP contribution in [-0.4, -0.2) is 32.9 Å². The Hall–Kier alpha value is -2.73. The van der Waals surface area contributed by atoms with Crippen LogP contribution in [0.1, 0.15) is 20.8 Å². The minimum absolute atomic E-state index is 0.0248. The van der Waals surface area contributed by atoms with E-state index in [1.807, 2.05) is 67.6 Å². The Morgan fingerprint density at radius 2 is 1.46 bits per heavy atom. The summed E-state index contributed by atoms with van der Waals surface area (Å²) in [6.45, 7) is 6.17. The van der Waals surface area contributed by atoms with Crippen LogP contribution >= 0.6 is 11.8 Å². The summed E-state index contributed by atoms with van der Waals surface area (Å²) in [6, 6.07) is 19.9. The molecule has 0 spiro atoms. The van der Waals surface area contributed by atoms with Crippen LogP contribution < -0.4 is 5.32 Å². The summed E-state index contributed by atoms with van der Waals surface area (Å²) in [5, 5.41) is 12.2. The molecule has 0 bridgehead atoms. The van der Waals surface area contributed by atoms with E-state index < -0.39 is 0 Å². The number of rotatable bonds is 7. The summed E-state index contributed by atoms with van der Waals surface area (Å²) in [7, 11) is 0. The van der Waals surface area contributed by atoms with Crippen molar-refractivity contribution in [3.63, 3.8) is 0 Å². The summed E-state index contributed by atoms with van der Waals surface area (Å²) < 4.78 is 0. The number of amides is 1. The van der Waals surface area contributed by atoms with Gasteiger partial charge in [-0.3, -0.25) is 4.79 Å². The maximum Gasteiger partial charge on any atom is 0.230 e. The maximum atomic E-state index is 12.2. The number of benzene rings is 2. The molecule has 5 nitrogen and oxygen atoms in total. The molecule has 0 aliphatic heterocycles. The Balaban J connectivity index is 1.84. The first kappa shape index (κ1) is 20.0. The molecule has 0 fully saturated rings. The van der Waals surface area contributed by atoms with E-state index in [1.165, 1.54) is 11.8 Å². The second-order valence-corrected chi connectivity index (χ2v) is 7.86. The highest BCUT2D eigenvalue weighted by molar-refractivity contribution is 7.99. The summed E-state index contributed by atoms with van der Waals surface area (Å²) >= 11 is 1.30. The highest BCUT2D eigenvalue weighted by Gasteiger charge is 2.15. The quantitative estimate of drug-likeness (QED) is 0.601. The minimum atomic E-state index is -0.0248. The van der Waals surface area contributed by atoms with Gasteiger partial charge >= 0.3 is 0 Å². The van der Waals surface area contributed by atoms with Crippen molar-refractivity contribution in [3.8, 4) is 22.5 Å². The molecule has 1 heterocycles. The number of aromatic nitrogens is 3. The third-order valence-electron chi connectivity index (χ3n) is 4.48. The average Bonchev–Trinajstić information content (AvgIpc) is 2.73.